The molecule has 0 aliphatic carbocycles. The SMILES string of the molecule is Cc1cc(C)c(N(c2ccc(C=C(c3ccccc3)c3ccc(C)c(C)c3)cc2)c2ccc(C=C(c3ccccc3)c3ccc(C)c(C)c3)cc2)c(C)c1. The Morgan fingerprint density at radius 2 is 0.741 bits per heavy atom. The van der Waals surface area contributed by atoms with Crippen molar-refractivity contribution >= 4 is 40.4 Å². The third-order valence-electron chi connectivity index (χ3n) is 10.6. The molecule has 0 spiro atoms. The van der Waals surface area contributed by atoms with Gasteiger partial charge in [0.1, 0.15) is 0 Å². The summed E-state index contributed by atoms with van der Waals surface area (Å²) in [4.78, 5) is 2.41. The molecule has 7 rings (SSSR count). The lowest BCUT2D eigenvalue weighted by molar-refractivity contribution is 1.20. The van der Waals surface area contributed by atoms with Gasteiger partial charge >= 0.3 is 0 Å². The lowest BCUT2D eigenvalue weighted by Crippen LogP contribution is -2.13. The van der Waals surface area contributed by atoms with Gasteiger partial charge < -0.3 is 4.90 Å². The van der Waals surface area contributed by atoms with E-state index < -0.39 is 0 Å². The highest BCUT2D eigenvalue weighted by atomic mass is 15.1. The predicted molar refractivity (Wildman–Crippen MR) is 234 cm³/mol. The van der Waals surface area contributed by atoms with Crippen LogP contribution < -0.4 is 4.90 Å². The van der Waals surface area contributed by atoms with E-state index in [2.05, 4.69) is 223 Å². The number of hydrogen-bond donors (Lipinski definition) is 0. The maximum Gasteiger partial charge on any atom is 0.0520 e. The van der Waals surface area contributed by atoms with Crippen molar-refractivity contribution in [3.05, 3.63) is 230 Å². The summed E-state index contributed by atoms with van der Waals surface area (Å²) in [5, 5.41) is 0. The van der Waals surface area contributed by atoms with E-state index in [1.807, 2.05) is 0 Å². The lowest BCUT2D eigenvalue weighted by atomic mass is 9.93. The van der Waals surface area contributed by atoms with Crippen LogP contribution >= 0.6 is 0 Å². The third kappa shape index (κ3) is 7.92. The molecule has 0 atom stereocenters. The monoisotopic (exact) mass is 699 g/mol. The van der Waals surface area contributed by atoms with Crippen molar-refractivity contribution in [2.24, 2.45) is 0 Å². The van der Waals surface area contributed by atoms with E-state index in [0.29, 0.717) is 0 Å². The highest BCUT2D eigenvalue weighted by Gasteiger charge is 2.18. The van der Waals surface area contributed by atoms with Crippen LogP contribution in [0.15, 0.2) is 158 Å². The molecule has 266 valence electrons. The summed E-state index contributed by atoms with van der Waals surface area (Å²) in [6.07, 6.45) is 4.63. The molecule has 0 saturated carbocycles. The summed E-state index contributed by atoms with van der Waals surface area (Å²) in [7, 11) is 0. The second-order valence-corrected chi connectivity index (χ2v) is 14.7. The predicted octanol–water partition coefficient (Wildman–Crippen LogP) is 14.5. The van der Waals surface area contributed by atoms with Gasteiger partial charge in [-0.15, -0.1) is 0 Å². The molecule has 54 heavy (non-hydrogen) atoms. The topological polar surface area (TPSA) is 3.24 Å². The molecule has 0 fully saturated rings. The molecule has 0 heterocycles. The number of benzene rings is 7. The smallest absolute Gasteiger partial charge is 0.0520 e. The van der Waals surface area contributed by atoms with Gasteiger partial charge in [0.15, 0.2) is 0 Å². The van der Waals surface area contributed by atoms with E-state index in [1.165, 1.54) is 78.0 Å². The molecule has 7 aromatic carbocycles. The Morgan fingerprint density at radius 3 is 1.11 bits per heavy atom. The van der Waals surface area contributed by atoms with Crippen molar-refractivity contribution in [3.63, 3.8) is 0 Å². The molecule has 1 heteroatoms. The van der Waals surface area contributed by atoms with E-state index in [0.717, 1.165) is 22.5 Å². The zero-order valence-electron chi connectivity index (χ0n) is 32.6. The van der Waals surface area contributed by atoms with Crippen molar-refractivity contribution in [1.82, 2.24) is 0 Å². The molecule has 0 N–H and O–H groups in total. The molecule has 7 aromatic rings. The Morgan fingerprint density at radius 1 is 0.352 bits per heavy atom. The largest absolute Gasteiger partial charge is 0.310 e. The summed E-state index contributed by atoms with van der Waals surface area (Å²) in [5.74, 6) is 0. The van der Waals surface area contributed by atoms with Gasteiger partial charge in [0.05, 0.1) is 5.69 Å². The summed E-state index contributed by atoms with van der Waals surface area (Å²) in [6.45, 7) is 15.3. The van der Waals surface area contributed by atoms with Gasteiger partial charge in [-0.25, -0.2) is 0 Å². The molecule has 0 radical (unpaired) electrons. The minimum atomic E-state index is 1.12. The zero-order chi connectivity index (χ0) is 37.8. The highest BCUT2D eigenvalue weighted by Crippen LogP contribution is 2.40. The Kier molecular flexibility index (Phi) is 10.6. The van der Waals surface area contributed by atoms with E-state index in [4.69, 9.17) is 0 Å². The van der Waals surface area contributed by atoms with Crippen molar-refractivity contribution in [3.8, 4) is 0 Å². The Balaban J connectivity index is 1.30. The van der Waals surface area contributed by atoms with Crippen molar-refractivity contribution in [2.45, 2.75) is 48.5 Å². The Labute approximate surface area is 322 Å². The lowest BCUT2D eigenvalue weighted by Gasteiger charge is -2.29. The van der Waals surface area contributed by atoms with Crippen LogP contribution in [0.2, 0.25) is 0 Å². The van der Waals surface area contributed by atoms with Gasteiger partial charge in [-0.05, 0) is 163 Å². The molecule has 0 amide bonds. The minimum Gasteiger partial charge on any atom is -0.310 e. The first-order chi connectivity index (χ1) is 26.1. The average Bonchev–Trinajstić information content (AvgIpc) is 3.18. The molecule has 0 bridgehead atoms. The molecule has 0 aliphatic rings. The molecule has 0 aliphatic heterocycles. The van der Waals surface area contributed by atoms with Gasteiger partial charge in [-0.1, -0.05) is 139 Å². The molecule has 0 saturated heterocycles. The normalized spacial score (nSPS) is 11.8. The minimum absolute atomic E-state index is 1.12. The second-order valence-electron chi connectivity index (χ2n) is 14.7. The standard InChI is InChI=1S/C53H49N/c1-36-30-41(6)53(42(7)31-36)54(49-26-20-43(21-27-49)34-51(45-14-10-8-11-15-45)47-24-18-37(2)39(4)32-47)50-28-22-44(23-29-50)35-52(46-16-12-9-13-17-46)48-25-19-38(3)40(5)33-48/h8-35H,1-7H3. The second kappa shape index (κ2) is 15.8. The fourth-order valence-corrected chi connectivity index (χ4v) is 7.42. The summed E-state index contributed by atoms with van der Waals surface area (Å²) in [6, 6.07) is 57.5. The summed E-state index contributed by atoms with van der Waals surface area (Å²) >= 11 is 0. The van der Waals surface area contributed by atoms with Crippen LogP contribution in [0.1, 0.15) is 72.3 Å². The first-order valence-corrected chi connectivity index (χ1v) is 18.9. The van der Waals surface area contributed by atoms with Crippen LogP contribution in [0, 0.1) is 48.5 Å². The Bertz CT molecular complexity index is 2290. The first kappa shape index (κ1) is 36.2. The number of rotatable bonds is 9. The van der Waals surface area contributed by atoms with Crippen LogP contribution in [0.3, 0.4) is 0 Å². The van der Waals surface area contributed by atoms with Crippen LogP contribution in [0.25, 0.3) is 23.3 Å². The summed E-state index contributed by atoms with van der Waals surface area (Å²) < 4.78 is 0. The Hall–Kier alpha value is -6.18. The van der Waals surface area contributed by atoms with Gasteiger partial charge in [-0.3, -0.25) is 0 Å². The van der Waals surface area contributed by atoms with Crippen LogP contribution in [-0.4, -0.2) is 0 Å². The van der Waals surface area contributed by atoms with Gasteiger partial charge in [0, 0.05) is 11.4 Å². The molecule has 0 aromatic heterocycles. The first-order valence-electron chi connectivity index (χ1n) is 18.9. The van der Waals surface area contributed by atoms with Crippen molar-refractivity contribution < 1.29 is 0 Å². The number of aryl methyl sites for hydroxylation is 7. The zero-order valence-corrected chi connectivity index (χ0v) is 32.6. The molecule has 0 unspecified atom stereocenters. The fourth-order valence-electron chi connectivity index (χ4n) is 7.42. The van der Waals surface area contributed by atoms with Crippen LogP contribution in [0.5, 0.6) is 0 Å². The number of anilines is 3. The third-order valence-corrected chi connectivity index (χ3v) is 10.6. The van der Waals surface area contributed by atoms with Crippen LogP contribution in [-0.2, 0) is 0 Å². The van der Waals surface area contributed by atoms with Crippen LogP contribution in [0.4, 0.5) is 17.1 Å². The van der Waals surface area contributed by atoms with E-state index in [1.54, 1.807) is 0 Å². The molecule has 1 nitrogen and oxygen atoms in total. The van der Waals surface area contributed by atoms with E-state index >= 15 is 0 Å². The molecular formula is C53H49N. The average molecular weight is 700 g/mol. The number of hydrogen-bond acceptors (Lipinski definition) is 1. The van der Waals surface area contributed by atoms with E-state index in [9.17, 15) is 0 Å². The van der Waals surface area contributed by atoms with Crippen molar-refractivity contribution in [2.75, 3.05) is 4.90 Å². The quantitative estimate of drug-likeness (QED) is 0.136. The number of nitrogens with zero attached hydrogens (tertiary/aromatic N) is 1. The maximum absolute atomic E-state index is 2.41. The summed E-state index contributed by atoms with van der Waals surface area (Å²) in [5.41, 5.74) is 22.1. The maximum atomic E-state index is 2.41. The van der Waals surface area contributed by atoms with Gasteiger partial charge in [0.2, 0.25) is 0 Å². The highest BCUT2D eigenvalue weighted by molar-refractivity contribution is 5.93. The van der Waals surface area contributed by atoms with E-state index in [-0.39, 0.29) is 0 Å². The molecular weight excluding hydrogens is 651 g/mol. The van der Waals surface area contributed by atoms with Gasteiger partial charge in [-0.2, -0.15) is 0 Å². The van der Waals surface area contributed by atoms with Gasteiger partial charge in [0.25, 0.3) is 0 Å². The van der Waals surface area contributed by atoms with Crippen molar-refractivity contribution in [1.29, 1.82) is 0 Å². The fraction of sp³-hybridized carbons (Fsp3) is 0.132.